The number of hydrogen-bond donors (Lipinski definition) is 1. The Morgan fingerprint density at radius 2 is 1.73 bits per heavy atom. The number of nitrogens with one attached hydrogen (secondary N) is 1. The summed E-state index contributed by atoms with van der Waals surface area (Å²) < 4.78 is 44.8. The van der Waals surface area contributed by atoms with E-state index in [-0.39, 0.29) is 29.1 Å². The molecule has 3 aromatic carbocycles. The molecule has 0 aliphatic rings. The first-order valence-corrected chi connectivity index (χ1v) is 13.7. The first kappa shape index (κ1) is 26.5. The van der Waals surface area contributed by atoms with Crippen molar-refractivity contribution in [3.8, 4) is 0 Å². The van der Waals surface area contributed by atoms with Crippen molar-refractivity contribution in [2.45, 2.75) is 26.4 Å². The van der Waals surface area contributed by atoms with E-state index in [2.05, 4.69) is 5.32 Å². The lowest BCUT2D eigenvalue weighted by Gasteiger charge is -2.27. The molecule has 0 spiro atoms. The van der Waals surface area contributed by atoms with Crippen LogP contribution in [0.15, 0.2) is 71.5 Å². The molecular weight excluding hydrogens is 515 g/mol. The third-order valence-electron chi connectivity index (χ3n) is 5.79. The van der Waals surface area contributed by atoms with E-state index in [1.807, 2.05) is 19.9 Å². The summed E-state index contributed by atoms with van der Waals surface area (Å²) >= 11 is 1.13. The van der Waals surface area contributed by atoms with Gasteiger partial charge < -0.3 is 5.32 Å². The largest absolute Gasteiger partial charge is 0.322 e. The first-order valence-electron chi connectivity index (χ1n) is 11.5. The normalized spacial score (nSPS) is 11.9. The van der Waals surface area contributed by atoms with Crippen LogP contribution < -0.4 is 14.5 Å². The number of nitrogens with zero attached hydrogens (tertiary/aromatic N) is 3. The number of carbonyl (C=O) groups excluding carboxylic acids is 1. The Kier molecular flexibility index (Phi) is 7.49. The summed E-state index contributed by atoms with van der Waals surface area (Å²) in [6, 6.07) is 17.5. The minimum Gasteiger partial charge on any atom is -0.322 e. The quantitative estimate of drug-likeness (QED) is 0.345. The van der Waals surface area contributed by atoms with Crippen LogP contribution in [0.25, 0.3) is 10.2 Å². The van der Waals surface area contributed by atoms with E-state index in [9.17, 15) is 22.4 Å². The van der Waals surface area contributed by atoms with Crippen molar-refractivity contribution in [3.63, 3.8) is 0 Å². The number of anilines is 2. The molecule has 0 unspecified atom stereocenters. The zero-order chi connectivity index (χ0) is 26.9. The summed E-state index contributed by atoms with van der Waals surface area (Å²) in [5, 5.41) is 2.83. The smallest absolute Gasteiger partial charge is 0.308 e. The predicted molar refractivity (Wildman–Crippen MR) is 146 cm³/mol. The molecule has 4 rings (SSSR count). The van der Waals surface area contributed by atoms with Gasteiger partial charge in [-0.2, -0.15) is 12.7 Å². The molecule has 1 N–H and O–H groups in total. The minimum absolute atomic E-state index is 0.0298. The standard InChI is InChI=1S/C26H27FN4O4S2/c1-17(2)31-23-14-13-20(15-24(23)36-26(31)33)28-25(32)19-11-9-18(10-12-19)16-30(37(34,35)29(3)4)22-8-6-5-7-21(22)27/h5-15,17H,16H2,1-4H3,(H,28,32). The number of amides is 1. The van der Waals surface area contributed by atoms with Crippen molar-refractivity contribution in [3.05, 3.63) is 93.3 Å². The maximum Gasteiger partial charge on any atom is 0.308 e. The van der Waals surface area contributed by atoms with E-state index in [1.54, 1.807) is 47.0 Å². The molecule has 0 aliphatic carbocycles. The lowest BCUT2D eigenvalue weighted by atomic mass is 10.1. The highest BCUT2D eigenvalue weighted by Crippen LogP contribution is 2.26. The van der Waals surface area contributed by atoms with E-state index in [0.717, 1.165) is 30.2 Å². The number of hydrogen-bond acceptors (Lipinski definition) is 5. The van der Waals surface area contributed by atoms with Gasteiger partial charge in [-0.3, -0.25) is 18.5 Å². The Morgan fingerprint density at radius 1 is 1.05 bits per heavy atom. The Balaban J connectivity index is 1.54. The van der Waals surface area contributed by atoms with Gasteiger partial charge in [-0.15, -0.1) is 0 Å². The van der Waals surface area contributed by atoms with Gasteiger partial charge in [-0.25, -0.2) is 4.39 Å². The SMILES string of the molecule is CC(C)n1c(=O)sc2cc(NC(=O)c3ccc(CN(c4ccccc4F)S(=O)(=O)N(C)C)cc3)ccc21. The van der Waals surface area contributed by atoms with E-state index < -0.39 is 16.0 Å². The summed E-state index contributed by atoms with van der Waals surface area (Å²) in [6.07, 6.45) is 0. The van der Waals surface area contributed by atoms with Gasteiger partial charge in [-0.05, 0) is 61.9 Å². The van der Waals surface area contributed by atoms with Crippen LogP contribution in [0, 0.1) is 5.82 Å². The number of aromatic nitrogens is 1. The van der Waals surface area contributed by atoms with E-state index >= 15 is 0 Å². The molecule has 8 nitrogen and oxygen atoms in total. The van der Waals surface area contributed by atoms with E-state index in [0.29, 0.717) is 16.8 Å². The molecule has 0 fully saturated rings. The highest BCUT2D eigenvalue weighted by atomic mass is 32.2. The molecule has 11 heteroatoms. The predicted octanol–water partition coefficient (Wildman–Crippen LogP) is 4.85. The number of thiazole rings is 1. The van der Waals surface area contributed by atoms with Crippen LogP contribution in [0.3, 0.4) is 0 Å². The second kappa shape index (κ2) is 10.4. The number of rotatable bonds is 8. The maximum absolute atomic E-state index is 14.5. The van der Waals surface area contributed by atoms with Crippen molar-refractivity contribution in [1.82, 2.24) is 8.87 Å². The molecule has 0 aliphatic heterocycles. The molecule has 0 atom stereocenters. The molecule has 1 heterocycles. The fourth-order valence-corrected chi connectivity index (χ4v) is 6.03. The molecule has 194 valence electrons. The molecule has 1 aromatic heterocycles. The topological polar surface area (TPSA) is 91.7 Å². The third kappa shape index (κ3) is 5.43. The van der Waals surface area contributed by atoms with Crippen LogP contribution in [0.4, 0.5) is 15.8 Å². The number of para-hydroxylation sites is 1. The zero-order valence-corrected chi connectivity index (χ0v) is 22.4. The van der Waals surface area contributed by atoms with Crippen molar-refractivity contribution in [2.75, 3.05) is 23.7 Å². The van der Waals surface area contributed by atoms with Crippen LogP contribution in [-0.2, 0) is 16.8 Å². The van der Waals surface area contributed by atoms with Gasteiger partial charge in [0.1, 0.15) is 5.82 Å². The summed E-state index contributed by atoms with van der Waals surface area (Å²) in [5.74, 6) is -1.01. The van der Waals surface area contributed by atoms with E-state index in [1.165, 1.54) is 32.3 Å². The van der Waals surface area contributed by atoms with Gasteiger partial charge in [0.05, 0.1) is 22.4 Å². The average Bonchev–Trinajstić information content (AvgIpc) is 3.18. The lowest BCUT2D eigenvalue weighted by molar-refractivity contribution is 0.102. The molecule has 0 radical (unpaired) electrons. The second-order valence-electron chi connectivity index (χ2n) is 8.91. The van der Waals surface area contributed by atoms with Gasteiger partial charge in [0.15, 0.2) is 0 Å². The van der Waals surface area contributed by atoms with Gasteiger partial charge >= 0.3 is 15.1 Å². The van der Waals surface area contributed by atoms with Crippen molar-refractivity contribution in [1.29, 1.82) is 0 Å². The molecule has 0 saturated heterocycles. The van der Waals surface area contributed by atoms with Crippen molar-refractivity contribution >= 4 is 49.0 Å². The number of halogens is 1. The van der Waals surface area contributed by atoms with Crippen LogP contribution >= 0.6 is 11.3 Å². The molecule has 1 amide bonds. The van der Waals surface area contributed by atoms with Crippen LogP contribution in [0.5, 0.6) is 0 Å². The summed E-state index contributed by atoms with van der Waals surface area (Å²) in [4.78, 5) is 25.1. The lowest BCUT2D eigenvalue weighted by Crippen LogP contribution is -2.40. The Hall–Kier alpha value is -3.54. The Labute approximate surface area is 218 Å². The Bertz CT molecular complexity index is 1610. The molecule has 4 aromatic rings. The van der Waals surface area contributed by atoms with Gasteiger partial charge in [0.2, 0.25) is 0 Å². The van der Waals surface area contributed by atoms with E-state index in [4.69, 9.17) is 0 Å². The summed E-state index contributed by atoms with van der Waals surface area (Å²) in [7, 11) is -1.22. The molecular formula is C26H27FN4O4S2. The minimum atomic E-state index is -3.98. The first-order chi connectivity index (χ1) is 17.5. The fraction of sp³-hybridized carbons (Fsp3) is 0.231. The van der Waals surface area contributed by atoms with Crippen molar-refractivity contribution in [2.24, 2.45) is 0 Å². The monoisotopic (exact) mass is 542 g/mol. The van der Waals surface area contributed by atoms with Gasteiger partial charge in [0.25, 0.3) is 5.91 Å². The highest BCUT2D eigenvalue weighted by molar-refractivity contribution is 7.90. The van der Waals surface area contributed by atoms with Gasteiger partial charge in [0, 0.05) is 31.4 Å². The Morgan fingerprint density at radius 3 is 2.35 bits per heavy atom. The average molecular weight is 543 g/mol. The number of benzene rings is 3. The zero-order valence-electron chi connectivity index (χ0n) is 20.8. The summed E-state index contributed by atoms with van der Waals surface area (Å²) in [6.45, 7) is 3.77. The van der Waals surface area contributed by atoms with Crippen LogP contribution in [0.2, 0.25) is 0 Å². The number of carbonyl (C=O) groups is 1. The fourth-order valence-electron chi connectivity index (χ4n) is 3.88. The van der Waals surface area contributed by atoms with Crippen LogP contribution in [0.1, 0.15) is 35.8 Å². The van der Waals surface area contributed by atoms with Crippen molar-refractivity contribution < 1.29 is 17.6 Å². The molecule has 37 heavy (non-hydrogen) atoms. The highest BCUT2D eigenvalue weighted by Gasteiger charge is 2.27. The summed E-state index contributed by atoms with van der Waals surface area (Å²) in [5.41, 5.74) is 2.25. The van der Waals surface area contributed by atoms with Gasteiger partial charge in [-0.1, -0.05) is 35.6 Å². The molecule has 0 saturated carbocycles. The maximum atomic E-state index is 14.5. The second-order valence-corrected chi connectivity index (χ2v) is 12.0. The molecule has 0 bridgehead atoms. The number of fused-ring (bicyclic) bond motifs is 1. The van der Waals surface area contributed by atoms with Crippen LogP contribution in [-0.4, -0.2) is 37.3 Å². The third-order valence-corrected chi connectivity index (χ3v) is 8.51.